The molecule has 0 saturated heterocycles. The van der Waals surface area contributed by atoms with Gasteiger partial charge >= 0.3 is 5.97 Å². The van der Waals surface area contributed by atoms with Gasteiger partial charge in [-0.15, -0.1) is 0 Å². The summed E-state index contributed by atoms with van der Waals surface area (Å²) in [6, 6.07) is 17.3. The summed E-state index contributed by atoms with van der Waals surface area (Å²) in [5.74, 6) is -0.0106. The average Bonchev–Trinajstić information content (AvgIpc) is 3.32. The molecule has 23 heavy (non-hydrogen) atoms. The zero-order valence-electron chi connectivity index (χ0n) is 13.2. The van der Waals surface area contributed by atoms with Gasteiger partial charge in [0, 0.05) is 11.3 Å². The first-order chi connectivity index (χ1) is 11.2. The fourth-order valence-electron chi connectivity index (χ4n) is 3.61. The minimum absolute atomic E-state index is 0.103. The first-order valence-corrected chi connectivity index (χ1v) is 7.57. The maximum Gasteiger partial charge on any atom is 0.310 e. The van der Waals surface area contributed by atoms with Gasteiger partial charge in [0.25, 0.3) is 0 Å². The van der Waals surface area contributed by atoms with Crippen molar-refractivity contribution in [3.63, 3.8) is 0 Å². The van der Waals surface area contributed by atoms with E-state index >= 15 is 0 Å². The molecule has 0 radical (unpaired) electrons. The lowest BCUT2D eigenvalue weighted by atomic mass is 9.90. The number of aliphatic hydroxyl groups excluding tert-OH is 1. The van der Waals surface area contributed by atoms with Crippen LogP contribution in [0.5, 0.6) is 5.75 Å². The van der Waals surface area contributed by atoms with Crippen LogP contribution in [0.3, 0.4) is 0 Å². The van der Waals surface area contributed by atoms with Gasteiger partial charge in [0.15, 0.2) is 0 Å². The third kappa shape index (κ3) is 2.39. The Morgan fingerprint density at radius 1 is 1.09 bits per heavy atom. The number of rotatable bonds is 5. The molecule has 1 aliphatic carbocycles. The van der Waals surface area contributed by atoms with Gasteiger partial charge in [0.2, 0.25) is 0 Å². The lowest BCUT2D eigenvalue weighted by molar-refractivity contribution is -0.143. The molecule has 4 nitrogen and oxygen atoms in total. The van der Waals surface area contributed by atoms with Crippen LogP contribution in [0.4, 0.5) is 0 Å². The second-order valence-electron chi connectivity index (χ2n) is 5.82. The highest BCUT2D eigenvalue weighted by atomic mass is 16.5. The van der Waals surface area contributed by atoms with Gasteiger partial charge < -0.3 is 14.6 Å². The van der Waals surface area contributed by atoms with Gasteiger partial charge in [-0.3, -0.25) is 4.79 Å². The van der Waals surface area contributed by atoms with Crippen molar-refractivity contribution >= 4 is 5.97 Å². The molecule has 1 aliphatic rings. The third-order valence-electron chi connectivity index (χ3n) is 4.84. The van der Waals surface area contributed by atoms with E-state index in [1.54, 1.807) is 7.11 Å². The SMILES string of the molecule is COC(=O)[C@H]1[C@H](c2ccc(OC)cc2)[C@@]1(CO)c1ccccc1. The molecule has 1 saturated carbocycles. The fraction of sp³-hybridized carbons (Fsp3) is 0.316. The van der Waals surface area contributed by atoms with Crippen LogP contribution in [-0.4, -0.2) is 31.9 Å². The summed E-state index contributed by atoms with van der Waals surface area (Å²) in [7, 11) is 3.00. The molecule has 0 spiro atoms. The van der Waals surface area contributed by atoms with Gasteiger partial charge in [-0.25, -0.2) is 0 Å². The molecule has 0 unspecified atom stereocenters. The van der Waals surface area contributed by atoms with Gasteiger partial charge in [-0.2, -0.15) is 0 Å². The lowest BCUT2D eigenvalue weighted by Crippen LogP contribution is -2.20. The first-order valence-electron chi connectivity index (χ1n) is 7.57. The number of carbonyl (C=O) groups excluding carboxylic acids is 1. The van der Waals surface area contributed by atoms with Crippen LogP contribution in [0.15, 0.2) is 54.6 Å². The Morgan fingerprint density at radius 3 is 2.26 bits per heavy atom. The van der Waals surface area contributed by atoms with E-state index in [1.807, 2.05) is 54.6 Å². The standard InChI is InChI=1S/C19H20O4/c1-22-15-10-8-13(9-11-15)16-17(18(21)23-2)19(16,12-20)14-6-4-3-5-7-14/h3-11,16-17,20H,12H2,1-2H3/t16-,17+,19+/m0/s1. The van der Waals surface area contributed by atoms with E-state index in [2.05, 4.69) is 0 Å². The number of hydrogen-bond donors (Lipinski definition) is 1. The van der Waals surface area contributed by atoms with Crippen molar-refractivity contribution in [2.45, 2.75) is 11.3 Å². The van der Waals surface area contributed by atoms with Crippen molar-refractivity contribution in [2.75, 3.05) is 20.8 Å². The van der Waals surface area contributed by atoms with Crippen molar-refractivity contribution in [3.8, 4) is 5.75 Å². The molecular formula is C19H20O4. The van der Waals surface area contributed by atoms with Crippen molar-refractivity contribution in [3.05, 3.63) is 65.7 Å². The van der Waals surface area contributed by atoms with Gasteiger partial charge in [0.05, 0.1) is 26.7 Å². The summed E-state index contributed by atoms with van der Waals surface area (Å²) in [5.41, 5.74) is 1.33. The number of methoxy groups -OCH3 is 2. The van der Waals surface area contributed by atoms with Crippen molar-refractivity contribution in [1.82, 2.24) is 0 Å². The Kier molecular flexibility index (Phi) is 4.09. The monoisotopic (exact) mass is 312 g/mol. The summed E-state index contributed by atoms with van der Waals surface area (Å²) in [6.07, 6.45) is 0. The highest BCUT2D eigenvalue weighted by molar-refractivity contribution is 5.82. The Balaban J connectivity index is 2.04. The third-order valence-corrected chi connectivity index (χ3v) is 4.84. The zero-order chi connectivity index (χ0) is 16.4. The van der Waals surface area contributed by atoms with E-state index in [1.165, 1.54) is 7.11 Å². The summed E-state index contributed by atoms with van der Waals surface area (Å²) in [5, 5.41) is 10.1. The molecule has 3 atom stereocenters. The molecule has 0 amide bonds. The topological polar surface area (TPSA) is 55.8 Å². The number of ether oxygens (including phenoxy) is 2. The first kappa shape index (κ1) is 15.6. The summed E-state index contributed by atoms with van der Waals surface area (Å²) in [4.78, 5) is 12.3. The van der Waals surface area contributed by atoms with Crippen LogP contribution in [0.1, 0.15) is 17.0 Å². The Labute approximate surface area is 135 Å². The highest BCUT2D eigenvalue weighted by Crippen LogP contribution is 2.65. The number of hydrogen-bond acceptors (Lipinski definition) is 4. The summed E-state index contributed by atoms with van der Waals surface area (Å²) in [6.45, 7) is -0.104. The van der Waals surface area contributed by atoms with Crippen molar-refractivity contribution in [1.29, 1.82) is 0 Å². The molecule has 4 heteroatoms. The molecule has 3 rings (SSSR count). The average molecular weight is 312 g/mol. The zero-order valence-corrected chi connectivity index (χ0v) is 13.2. The van der Waals surface area contributed by atoms with E-state index in [0.717, 1.165) is 16.9 Å². The predicted molar refractivity (Wildman–Crippen MR) is 86.4 cm³/mol. The molecule has 120 valence electrons. The summed E-state index contributed by atoms with van der Waals surface area (Å²) < 4.78 is 10.2. The molecule has 1 N–H and O–H groups in total. The fourth-order valence-corrected chi connectivity index (χ4v) is 3.61. The quantitative estimate of drug-likeness (QED) is 0.862. The second-order valence-corrected chi connectivity index (χ2v) is 5.82. The van der Waals surface area contributed by atoms with E-state index < -0.39 is 5.41 Å². The van der Waals surface area contributed by atoms with Crippen LogP contribution >= 0.6 is 0 Å². The smallest absolute Gasteiger partial charge is 0.310 e. The van der Waals surface area contributed by atoms with Crippen molar-refractivity contribution < 1.29 is 19.4 Å². The van der Waals surface area contributed by atoms with E-state index in [-0.39, 0.29) is 24.4 Å². The largest absolute Gasteiger partial charge is 0.497 e. The molecule has 1 fully saturated rings. The van der Waals surface area contributed by atoms with Crippen LogP contribution in [0.25, 0.3) is 0 Å². The molecule has 2 aromatic carbocycles. The maximum atomic E-state index is 12.3. The lowest BCUT2D eigenvalue weighted by Gasteiger charge is -2.16. The van der Waals surface area contributed by atoms with Crippen molar-refractivity contribution in [2.24, 2.45) is 5.92 Å². The van der Waals surface area contributed by atoms with Gasteiger partial charge in [-0.05, 0) is 23.3 Å². The minimum Gasteiger partial charge on any atom is -0.497 e. The number of aliphatic hydroxyl groups is 1. The molecule has 0 bridgehead atoms. The van der Waals surface area contributed by atoms with Crippen LogP contribution in [-0.2, 0) is 14.9 Å². The number of carbonyl (C=O) groups is 1. The Bertz CT molecular complexity index is 680. The van der Waals surface area contributed by atoms with E-state index in [9.17, 15) is 9.90 Å². The van der Waals surface area contributed by atoms with Crippen LogP contribution in [0.2, 0.25) is 0 Å². The van der Waals surface area contributed by atoms with Crippen LogP contribution in [0, 0.1) is 5.92 Å². The second kappa shape index (κ2) is 6.05. The van der Waals surface area contributed by atoms with Gasteiger partial charge in [0.1, 0.15) is 5.75 Å². The predicted octanol–water partition coefficient (Wildman–Crippen LogP) is 2.51. The molecule has 0 aliphatic heterocycles. The summed E-state index contributed by atoms with van der Waals surface area (Å²) >= 11 is 0. The molecule has 2 aromatic rings. The van der Waals surface area contributed by atoms with Gasteiger partial charge in [-0.1, -0.05) is 42.5 Å². The highest BCUT2D eigenvalue weighted by Gasteiger charge is 2.69. The van der Waals surface area contributed by atoms with Crippen LogP contribution < -0.4 is 4.74 Å². The Hall–Kier alpha value is -2.33. The van der Waals surface area contributed by atoms with E-state index in [4.69, 9.17) is 9.47 Å². The molecule has 0 aromatic heterocycles. The maximum absolute atomic E-state index is 12.3. The normalized spacial score (nSPS) is 25.7. The number of benzene rings is 2. The van der Waals surface area contributed by atoms with E-state index in [0.29, 0.717) is 0 Å². The Morgan fingerprint density at radius 2 is 1.74 bits per heavy atom. The molecular weight excluding hydrogens is 292 g/mol. The number of esters is 1. The minimum atomic E-state index is -0.622. The molecule has 0 heterocycles.